The van der Waals surface area contributed by atoms with Gasteiger partial charge in [-0.05, 0) is 32.9 Å². The molecule has 1 aliphatic rings. The van der Waals surface area contributed by atoms with E-state index in [2.05, 4.69) is 4.98 Å². The lowest BCUT2D eigenvalue weighted by Gasteiger charge is -2.33. The predicted octanol–water partition coefficient (Wildman–Crippen LogP) is 3.57. The highest BCUT2D eigenvalue weighted by Gasteiger charge is 2.30. The highest BCUT2D eigenvalue weighted by Crippen LogP contribution is 2.36. The minimum Gasteiger partial charge on any atom is -0.489 e. The summed E-state index contributed by atoms with van der Waals surface area (Å²) < 4.78 is 38.1. The van der Waals surface area contributed by atoms with Gasteiger partial charge in [0.1, 0.15) is 23.3 Å². The van der Waals surface area contributed by atoms with Gasteiger partial charge in [-0.2, -0.15) is 0 Å². The van der Waals surface area contributed by atoms with E-state index in [-0.39, 0.29) is 35.9 Å². The van der Waals surface area contributed by atoms with Crippen molar-refractivity contribution in [1.29, 1.82) is 0 Å². The lowest BCUT2D eigenvalue weighted by Crippen LogP contribution is -2.42. The van der Waals surface area contributed by atoms with E-state index in [1.54, 1.807) is 19.1 Å². The van der Waals surface area contributed by atoms with Gasteiger partial charge in [-0.15, -0.1) is 0 Å². The molecule has 1 unspecified atom stereocenters. The van der Waals surface area contributed by atoms with Gasteiger partial charge in [0.15, 0.2) is 11.6 Å². The summed E-state index contributed by atoms with van der Waals surface area (Å²) in [6.45, 7) is 5.73. The molecule has 1 amide bonds. The number of fused-ring (bicyclic) bond motifs is 1. The number of anilines is 1. The number of benzene rings is 1. The average molecular weight is 348 g/mol. The van der Waals surface area contributed by atoms with Crippen LogP contribution in [0.25, 0.3) is 0 Å². The van der Waals surface area contributed by atoms with Gasteiger partial charge in [-0.3, -0.25) is 9.69 Å². The highest BCUT2D eigenvalue weighted by molar-refractivity contribution is 6.06. The van der Waals surface area contributed by atoms with Crippen molar-refractivity contribution in [2.45, 2.75) is 33.0 Å². The Labute approximate surface area is 144 Å². The van der Waals surface area contributed by atoms with E-state index >= 15 is 0 Å². The molecule has 0 aliphatic carbocycles. The van der Waals surface area contributed by atoms with Crippen LogP contribution in [0.5, 0.6) is 11.5 Å². The summed E-state index contributed by atoms with van der Waals surface area (Å²) in [5, 5.41) is 0. The predicted molar refractivity (Wildman–Crippen MR) is 88.1 cm³/mol. The molecule has 0 bridgehead atoms. The summed E-state index contributed by atoms with van der Waals surface area (Å²) in [6, 6.07) is 5.11. The van der Waals surface area contributed by atoms with Crippen LogP contribution in [0.3, 0.4) is 0 Å². The van der Waals surface area contributed by atoms with Crippen molar-refractivity contribution in [2.75, 3.05) is 11.4 Å². The molecule has 0 spiro atoms. The zero-order valence-electron chi connectivity index (χ0n) is 14.1. The lowest BCUT2D eigenvalue weighted by atomic mass is 10.1. The number of hydrogen-bond acceptors (Lipinski definition) is 4. The molecule has 3 rings (SSSR count). The van der Waals surface area contributed by atoms with Crippen molar-refractivity contribution >= 4 is 11.6 Å². The molecule has 5 nitrogen and oxygen atoms in total. The molecule has 25 heavy (non-hydrogen) atoms. The second-order valence-electron chi connectivity index (χ2n) is 6.12. The number of hydrogen-bond donors (Lipinski definition) is 0. The molecule has 0 saturated carbocycles. The van der Waals surface area contributed by atoms with E-state index in [0.717, 1.165) is 12.1 Å². The van der Waals surface area contributed by atoms with Crippen LogP contribution in [0, 0.1) is 11.6 Å². The summed E-state index contributed by atoms with van der Waals surface area (Å²) >= 11 is 0. The molecular weight excluding hydrogens is 330 g/mol. The second kappa shape index (κ2) is 6.66. The van der Waals surface area contributed by atoms with Crippen LogP contribution < -0.4 is 14.4 Å². The third kappa shape index (κ3) is 3.55. The fourth-order valence-corrected chi connectivity index (χ4v) is 2.61. The monoisotopic (exact) mass is 348 g/mol. The first-order chi connectivity index (χ1) is 11.8. The molecule has 0 radical (unpaired) electrons. The smallest absolute Gasteiger partial charge is 0.277 e. The fourth-order valence-electron chi connectivity index (χ4n) is 2.61. The molecule has 0 fully saturated rings. The molecular formula is C18H18F2N2O3. The van der Waals surface area contributed by atoms with Gasteiger partial charge in [-0.1, -0.05) is 0 Å². The zero-order chi connectivity index (χ0) is 18.1. The molecule has 1 atom stereocenters. The van der Waals surface area contributed by atoms with Crippen LogP contribution in [0.1, 0.15) is 31.3 Å². The molecule has 2 aromatic rings. The van der Waals surface area contributed by atoms with E-state index < -0.39 is 17.5 Å². The molecule has 0 saturated heterocycles. The number of ether oxygens (including phenoxy) is 2. The first kappa shape index (κ1) is 17.1. The van der Waals surface area contributed by atoms with E-state index in [4.69, 9.17) is 9.47 Å². The van der Waals surface area contributed by atoms with Gasteiger partial charge in [0.2, 0.25) is 0 Å². The summed E-state index contributed by atoms with van der Waals surface area (Å²) in [5.41, 5.74) is 0.368. The summed E-state index contributed by atoms with van der Waals surface area (Å²) in [5.74, 6) is -1.79. The number of nitrogens with zero attached hydrogens (tertiary/aromatic N) is 2. The average Bonchev–Trinajstić information content (AvgIpc) is 2.55. The van der Waals surface area contributed by atoms with Crippen LogP contribution in [-0.2, 0) is 0 Å². The zero-order valence-corrected chi connectivity index (χ0v) is 14.1. The van der Waals surface area contributed by atoms with E-state index in [1.165, 1.54) is 11.1 Å². The number of rotatable bonds is 3. The van der Waals surface area contributed by atoms with Crippen LogP contribution in [0.15, 0.2) is 30.5 Å². The van der Waals surface area contributed by atoms with E-state index in [9.17, 15) is 13.6 Å². The Morgan fingerprint density at radius 1 is 1.32 bits per heavy atom. The van der Waals surface area contributed by atoms with Crippen molar-refractivity contribution in [1.82, 2.24) is 4.98 Å². The highest BCUT2D eigenvalue weighted by atomic mass is 19.2. The number of carbonyl (C=O) groups excluding carboxylic acids is 1. The molecule has 2 heterocycles. The quantitative estimate of drug-likeness (QED) is 0.851. The number of carbonyl (C=O) groups is 1. The molecule has 1 aliphatic heterocycles. The number of halogens is 2. The summed E-state index contributed by atoms with van der Waals surface area (Å²) in [6.07, 6.45) is 1.10. The molecule has 7 heteroatoms. The second-order valence-corrected chi connectivity index (χ2v) is 6.12. The Morgan fingerprint density at radius 2 is 2.04 bits per heavy atom. The Balaban J connectivity index is 1.91. The van der Waals surface area contributed by atoms with Gasteiger partial charge in [0.25, 0.3) is 5.91 Å². The molecule has 1 aromatic heterocycles. The fraction of sp³-hybridized carbons (Fsp3) is 0.333. The first-order valence-electron chi connectivity index (χ1n) is 7.95. The first-order valence-corrected chi connectivity index (χ1v) is 7.95. The van der Waals surface area contributed by atoms with Crippen molar-refractivity contribution in [3.05, 3.63) is 47.8 Å². The minimum absolute atomic E-state index is 0.00630. The standard InChI is InChI=1S/C18H18F2N2O3/c1-10(2)24-12-4-5-15(21-8-12)18(23)22-9-11(3)25-17-7-14(20)13(19)6-16(17)22/h4-8,10-11H,9H2,1-3H3. The number of aromatic nitrogens is 1. The van der Waals surface area contributed by atoms with E-state index in [1.807, 2.05) is 13.8 Å². The summed E-state index contributed by atoms with van der Waals surface area (Å²) in [4.78, 5) is 18.3. The van der Waals surface area contributed by atoms with Crippen molar-refractivity contribution in [2.24, 2.45) is 0 Å². The van der Waals surface area contributed by atoms with Crippen LogP contribution >= 0.6 is 0 Å². The Hall–Kier alpha value is -2.70. The van der Waals surface area contributed by atoms with Gasteiger partial charge in [-0.25, -0.2) is 13.8 Å². The largest absolute Gasteiger partial charge is 0.489 e. The van der Waals surface area contributed by atoms with Gasteiger partial charge in [0.05, 0.1) is 24.5 Å². The van der Waals surface area contributed by atoms with Crippen molar-refractivity contribution in [3.63, 3.8) is 0 Å². The third-order valence-electron chi connectivity index (χ3n) is 3.63. The summed E-state index contributed by atoms with van der Waals surface area (Å²) in [7, 11) is 0. The Bertz CT molecular complexity index is 794. The van der Waals surface area contributed by atoms with Gasteiger partial charge >= 0.3 is 0 Å². The Morgan fingerprint density at radius 3 is 2.68 bits per heavy atom. The maximum absolute atomic E-state index is 13.6. The molecule has 132 valence electrons. The number of pyridine rings is 1. The third-order valence-corrected chi connectivity index (χ3v) is 3.63. The maximum atomic E-state index is 13.6. The number of amides is 1. The SMILES string of the molecule is CC(C)Oc1ccc(C(=O)N2CC(C)Oc3cc(F)c(F)cc32)nc1. The Kier molecular flexibility index (Phi) is 4.57. The van der Waals surface area contributed by atoms with Crippen molar-refractivity contribution < 1.29 is 23.0 Å². The van der Waals surface area contributed by atoms with Crippen molar-refractivity contribution in [3.8, 4) is 11.5 Å². The van der Waals surface area contributed by atoms with Crippen LogP contribution in [0.2, 0.25) is 0 Å². The van der Waals surface area contributed by atoms with Gasteiger partial charge in [0, 0.05) is 12.1 Å². The maximum Gasteiger partial charge on any atom is 0.277 e. The molecule has 1 aromatic carbocycles. The topological polar surface area (TPSA) is 51.7 Å². The van der Waals surface area contributed by atoms with Crippen LogP contribution in [-0.4, -0.2) is 29.6 Å². The minimum atomic E-state index is -1.04. The van der Waals surface area contributed by atoms with E-state index in [0.29, 0.717) is 5.75 Å². The van der Waals surface area contributed by atoms with Gasteiger partial charge < -0.3 is 9.47 Å². The normalized spacial score (nSPS) is 16.4. The molecule has 0 N–H and O–H groups in total. The lowest BCUT2D eigenvalue weighted by molar-refractivity contribution is 0.0955. The van der Waals surface area contributed by atoms with Crippen LogP contribution in [0.4, 0.5) is 14.5 Å².